The molecule has 1 aromatic heterocycles. The smallest absolute Gasteiger partial charge is 0.251 e. The lowest BCUT2D eigenvalue weighted by Crippen LogP contribution is -2.24. The zero-order valence-electron chi connectivity index (χ0n) is 14.9. The van der Waals surface area contributed by atoms with Crippen molar-refractivity contribution in [1.29, 1.82) is 0 Å². The van der Waals surface area contributed by atoms with Gasteiger partial charge in [-0.3, -0.25) is 4.79 Å². The molecule has 0 aliphatic carbocycles. The fraction of sp³-hybridized carbons (Fsp3) is 0.450. The average Bonchev–Trinajstić information content (AvgIpc) is 3.06. The summed E-state index contributed by atoms with van der Waals surface area (Å²) in [5.74, 6) is 0.731. The van der Waals surface area contributed by atoms with Crippen molar-refractivity contribution in [2.24, 2.45) is 5.92 Å². The maximum Gasteiger partial charge on any atom is 0.251 e. The lowest BCUT2D eigenvalue weighted by molar-refractivity contribution is 0.549. The fourth-order valence-corrected chi connectivity index (χ4v) is 3.59. The van der Waals surface area contributed by atoms with E-state index >= 15 is 0 Å². The molecule has 4 nitrogen and oxygen atoms in total. The monoisotopic (exact) mass is 325 g/mol. The minimum absolute atomic E-state index is 0.000673. The zero-order chi connectivity index (χ0) is 17.1. The molecule has 3 rings (SSSR count). The van der Waals surface area contributed by atoms with Crippen molar-refractivity contribution < 1.29 is 0 Å². The first-order chi connectivity index (χ1) is 11.6. The number of anilines is 1. The fourth-order valence-electron chi connectivity index (χ4n) is 3.59. The molecule has 0 amide bonds. The number of hydrogen-bond donors (Lipinski definition) is 2. The van der Waals surface area contributed by atoms with Crippen LogP contribution in [0.15, 0.2) is 35.1 Å². The van der Waals surface area contributed by atoms with Gasteiger partial charge >= 0.3 is 0 Å². The number of nitrogens with one attached hydrogen (secondary N) is 2. The third kappa shape index (κ3) is 3.39. The Morgan fingerprint density at radius 2 is 2.04 bits per heavy atom. The highest BCUT2D eigenvalue weighted by molar-refractivity contribution is 5.66. The molecule has 0 saturated carbocycles. The second kappa shape index (κ2) is 7.22. The first kappa shape index (κ1) is 16.8. The van der Waals surface area contributed by atoms with Gasteiger partial charge in [-0.15, -0.1) is 0 Å². The summed E-state index contributed by atoms with van der Waals surface area (Å²) in [6.45, 7) is 7.30. The Balaban J connectivity index is 1.83. The van der Waals surface area contributed by atoms with Gasteiger partial charge in [0.05, 0.1) is 5.69 Å². The van der Waals surface area contributed by atoms with Gasteiger partial charge in [-0.05, 0) is 68.6 Å². The molecule has 1 saturated heterocycles. The standard InChI is InChI=1S/C20H27N3O/c1-4-16-11-14(2)20(24)22-19(16)17-5-7-18(8-6-17)23-10-9-15(13-23)12-21-3/h5-8,11,15,21H,4,9-10,12-13H2,1-3H3,(H,22,24). The van der Waals surface area contributed by atoms with Crippen molar-refractivity contribution in [2.45, 2.75) is 26.7 Å². The maximum absolute atomic E-state index is 12.0. The molecule has 24 heavy (non-hydrogen) atoms. The Hall–Kier alpha value is -2.07. The van der Waals surface area contributed by atoms with Crippen molar-refractivity contribution in [3.8, 4) is 11.3 Å². The van der Waals surface area contributed by atoms with Gasteiger partial charge in [0.15, 0.2) is 0 Å². The Labute approximate surface area is 143 Å². The molecule has 1 unspecified atom stereocenters. The van der Waals surface area contributed by atoms with Crippen LogP contribution in [-0.2, 0) is 6.42 Å². The van der Waals surface area contributed by atoms with Gasteiger partial charge in [0.25, 0.3) is 5.56 Å². The number of benzene rings is 1. The van der Waals surface area contributed by atoms with Crippen molar-refractivity contribution in [3.05, 3.63) is 51.8 Å². The molecule has 2 aromatic rings. The number of H-pyrrole nitrogens is 1. The van der Waals surface area contributed by atoms with Crippen molar-refractivity contribution in [1.82, 2.24) is 10.3 Å². The Bertz CT molecular complexity index is 748. The maximum atomic E-state index is 12.0. The minimum Gasteiger partial charge on any atom is -0.371 e. The highest BCUT2D eigenvalue weighted by Gasteiger charge is 2.22. The molecule has 128 valence electrons. The molecular weight excluding hydrogens is 298 g/mol. The van der Waals surface area contributed by atoms with Gasteiger partial charge in [0, 0.05) is 24.3 Å². The average molecular weight is 325 g/mol. The highest BCUT2D eigenvalue weighted by atomic mass is 16.1. The third-order valence-corrected chi connectivity index (χ3v) is 4.99. The first-order valence-electron chi connectivity index (χ1n) is 8.85. The van der Waals surface area contributed by atoms with Crippen LogP contribution in [0, 0.1) is 12.8 Å². The van der Waals surface area contributed by atoms with Crippen LogP contribution in [0.1, 0.15) is 24.5 Å². The molecule has 0 spiro atoms. The highest BCUT2D eigenvalue weighted by Crippen LogP contribution is 2.27. The van der Waals surface area contributed by atoms with E-state index in [1.807, 2.05) is 20.0 Å². The molecule has 1 fully saturated rings. The molecule has 0 radical (unpaired) electrons. The quantitative estimate of drug-likeness (QED) is 0.888. The van der Waals surface area contributed by atoms with E-state index in [0.717, 1.165) is 48.8 Å². The van der Waals surface area contributed by atoms with Crippen molar-refractivity contribution in [3.63, 3.8) is 0 Å². The number of aromatic amines is 1. The van der Waals surface area contributed by atoms with Gasteiger partial charge in [0.1, 0.15) is 0 Å². The van der Waals surface area contributed by atoms with E-state index in [2.05, 4.69) is 46.4 Å². The van der Waals surface area contributed by atoms with Crippen LogP contribution in [-0.4, -0.2) is 31.7 Å². The van der Waals surface area contributed by atoms with Crippen LogP contribution in [0.25, 0.3) is 11.3 Å². The van der Waals surface area contributed by atoms with E-state index in [1.54, 1.807) is 0 Å². The number of aromatic nitrogens is 1. The van der Waals surface area contributed by atoms with E-state index in [1.165, 1.54) is 17.7 Å². The lowest BCUT2D eigenvalue weighted by atomic mass is 10.0. The molecule has 1 aromatic carbocycles. The number of hydrogen-bond acceptors (Lipinski definition) is 3. The number of aryl methyl sites for hydroxylation is 2. The molecule has 4 heteroatoms. The third-order valence-electron chi connectivity index (χ3n) is 4.99. The van der Waals surface area contributed by atoms with E-state index < -0.39 is 0 Å². The molecule has 2 heterocycles. The first-order valence-corrected chi connectivity index (χ1v) is 8.85. The molecule has 0 bridgehead atoms. The van der Waals surface area contributed by atoms with E-state index in [-0.39, 0.29) is 5.56 Å². The molecule has 2 N–H and O–H groups in total. The SMILES string of the molecule is CCc1cc(C)c(=O)[nH]c1-c1ccc(N2CCC(CNC)C2)cc1. The summed E-state index contributed by atoms with van der Waals surface area (Å²) in [6, 6.07) is 10.6. The van der Waals surface area contributed by atoms with Crippen molar-refractivity contribution in [2.75, 3.05) is 31.6 Å². The van der Waals surface area contributed by atoms with Gasteiger partial charge in [0.2, 0.25) is 0 Å². The normalized spacial score (nSPS) is 17.5. The lowest BCUT2D eigenvalue weighted by Gasteiger charge is -2.19. The minimum atomic E-state index is 0.000673. The van der Waals surface area contributed by atoms with E-state index in [9.17, 15) is 4.79 Å². The van der Waals surface area contributed by atoms with Crippen LogP contribution in [0.3, 0.4) is 0 Å². The predicted octanol–water partition coefficient (Wildman–Crippen LogP) is 2.96. The second-order valence-electron chi connectivity index (χ2n) is 6.74. The molecule has 1 atom stereocenters. The summed E-state index contributed by atoms with van der Waals surface area (Å²) < 4.78 is 0. The predicted molar refractivity (Wildman–Crippen MR) is 101 cm³/mol. The van der Waals surface area contributed by atoms with Gasteiger partial charge in [-0.25, -0.2) is 0 Å². The van der Waals surface area contributed by atoms with Gasteiger partial charge in [-0.2, -0.15) is 0 Å². The molecule has 1 aliphatic rings. The Kier molecular flexibility index (Phi) is 5.05. The molecular formula is C20H27N3O. The summed E-state index contributed by atoms with van der Waals surface area (Å²) in [4.78, 5) is 17.5. The number of rotatable bonds is 5. The summed E-state index contributed by atoms with van der Waals surface area (Å²) in [5, 5.41) is 3.27. The van der Waals surface area contributed by atoms with Crippen molar-refractivity contribution >= 4 is 5.69 Å². The van der Waals surface area contributed by atoms with Gasteiger partial charge in [-0.1, -0.05) is 19.1 Å². The summed E-state index contributed by atoms with van der Waals surface area (Å²) in [7, 11) is 2.02. The topological polar surface area (TPSA) is 48.1 Å². The van der Waals surface area contributed by atoms with Crippen LogP contribution in [0.2, 0.25) is 0 Å². The summed E-state index contributed by atoms with van der Waals surface area (Å²) in [5.41, 5.74) is 5.27. The van der Waals surface area contributed by atoms with Crippen LogP contribution in [0.4, 0.5) is 5.69 Å². The van der Waals surface area contributed by atoms with E-state index in [4.69, 9.17) is 0 Å². The zero-order valence-corrected chi connectivity index (χ0v) is 14.9. The van der Waals surface area contributed by atoms with Gasteiger partial charge < -0.3 is 15.2 Å². The molecule has 1 aliphatic heterocycles. The van der Waals surface area contributed by atoms with Crippen LogP contribution >= 0.6 is 0 Å². The Morgan fingerprint density at radius 1 is 1.29 bits per heavy atom. The number of nitrogens with zero attached hydrogens (tertiary/aromatic N) is 1. The largest absolute Gasteiger partial charge is 0.371 e. The Morgan fingerprint density at radius 3 is 2.71 bits per heavy atom. The summed E-state index contributed by atoms with van der Waals surface area (Å²) in [6.07, 6.45) is 2.15. The second-order valence-corrected chi connectivity index (χ2v) is 6.74. The number of pyridine rings is 1. The summed E-state index contributed by atoms with van der Waals surface area (Å²) >= 11 is 0. The van der Waals surface area contributed by atoms with E-state index in [0.29, 0.717) is 0 Å². The van der Waals surface area contributed by atoms with Crippen LogP contribution in [0.5, 0.6) is 0 Å². The van der Waals surface area contributed by atoms with Crippen LogP contribution < -0.4 is 15.8 Å².